The van der Waals surface area contributed by atoms with Crippen molar-refractivity contribution in [3.63, 3.8) is 0 Å². The van der Waals surface area contributed by atoms with Crippen molar-refractivity contribution in [2.24, 2.45) is 0 Å². The second-order valence-electron chi connectivity index (χ2n) is 4.88. The van der Waals surface area contributed by atoms with Gasteiger partial charge in [0, 0.05) is 18.1 Å². The molecule has 0 saturated carbocycles. The Kier molecular flexibility index (Phi) is 3.14. The number of fused-ring (bicyclic) bond motifs is 1. The molecule has 0 aromatic heterocycles. The first-order valence-electron chi connectivity index (χ1n) is 6.54. The molecule has 0 amide bonds. The van der Waals surface area contributed by atoms with Gasteiger partial charge in [-0.2, -0.15) is 0 Å². The molecule has 4 heteroatoms. The molecule has 2 aromatic carbocycles. The molecule has 0 fully saturated rings. The number of hydrogen-bond donors (Lipinski definition) is 2. The minimum atomic E-state index is -0.286. The average Bonchev–Trinajstić information content (AvgIpc) is 2.47. The fraction of sp³-hybridized carbons (Fsp3) is 0.118. The van der Waals surface area contributed by atoms with Crippen molar-refractivity contribution in [3.05, 3.63) is 59.2 Å². The van der Waals surface area contributed by atoms with Crippen LogP contribution in [0.2, 0.25) is 0 Å². The van der Waals surface area contributed by atoms with E-state index in [-0.39, 0.29) is 28.6 Å². The summed E-state index contributed by atoms with van der Waals surface area (Å²) in [6.07, 6.45) is 1.93. The number of aromatic hydroxyl groups is 2. The van der Waals surface area contributed by atoms with Crippen LogP contribution in [0.3, 0.4) is 0 Å². The Morgan fingerprint density at radius 2 is 1.81 bits per heavy atom. The number of ether oxygens (including phenoxy) is 1. The Hall–Kier alpha value is -2.75. The van der Waals surface area contributed by atoms with Crippen molar-refractivity contribution < 1.29 is 19.7 Å². The summed E-state index contributed by atoms with van der Waals surface area (Å²) in [7, 11) is 1.43. The maximum atomic E-state index is 12.3. The highest BCUT2D eigenvalue weighted by atomic mass is 16.5. The third-order valence-electron chi connectivity index (χ3n) is 3.61. The van der Waals surface area contributed by atoms with Crippen LogP contribution in [0.5, 0.6) is 17.2 Å². The summed E-state index contributed by atoms with van der Waals surface area (Å²) in [5, 5.41) is 19.8. The van der Waals surface area contributed by atoms with E-state index in [1.165, 1.54) is 13.2 Å². The molecule has 0 radical (unpaired) electrons. The fourth-order valence-corrected chi connectivity index (χ4v) is 2.67. The van der Waals surface area contributed by atoms with Gasteiger partial charge in [-0.1, -0.05) is 30.3 Å². The molecule has 1 aliphatic carbocycles. The van der Waals surface area contributed by atoms with Gasteiger partial charge in [-0.15, -0.1) is 0 Å². The van der Waals surface area contributed by atoms with Crippen LogP contribution >= 0.6 is 0 Å². The highest BCUT2D eigenvalue weighted by Crippen LogP contribution is 2.43. The Morgan fingerprint density at radius 1 is 1.10 bits per heavy atom. The van der Waals surface area contributed by atoms with Crippen LogP contribution in [0, 0.1) is 0 Å². The molecule has 2 aromatic rings. The highest BCUT2D eigenvalue weighted by molar-refractivity contribution is 6.14. The number of carbonyl (C=O) groups is 1. The third-order valence-corrected chi connectivity index (χ3v) is 3.61. The van der Waals surface area contributed by atoms with Crippen LogP contribution in [-0.2, 0) is 6.42 Å². The molecule has 0 atom stereocenters. The lowest BCUT2D eigenvalue weighted by Crippen LogP contribution is -2.11. The van der Waals surface area contributed by atoms with E-state index in [1.54, 1.807) is 0 Å². The van der Waals surface area contributed by atoms with E-state index in [4.69, 9.17) is 4.74 Å². The van der Waals surface area contributed by atoms with Crippen molar-refractivity contribution in [3.8, 4) is 17.2 Å². The summed E-state index contributed by atoms with van der Waals surface area (Å²) in [6.45, 7) is 0. The molecule has 0 bridgehead atoms. The van der Waals surface area contributed by atoms with Crippen molar-refractivity contribution in [1.29, 1.82) is 0 Å². The Balaban J connectivity index is 2.16. The molecule has 106 valence electrons. The summed E-state index contributed by atoms with van der Waals surface area (Å²) >= 11 is 0. The van der Waals surface area contributed by atoms with Crippen LogP contribution in [0.4, 0.5) is 0 Å². The van der Waals surface area contributed by atoms with E-state index in [0.29, 0.717) is 12.0 Å². The second kappa shape index (κ2) is 4.98. The van der Waals surface area contributed by atoms with Gasteiger partial charge < -0.3 is 14.9 Å². The number of carbonyl (C=O) groups excluding carboxylic acids is 1. The van der Waals surface area contributed by atoms with E-state index in [9.17, 15) is 15.0 Å². The van der Waals surface area contributed by atoms with E-state index in [0.717, 1.165) is 17.2 Å². The average molecular weight is 282 g/mol. The standard InChI is InChI=1S/C17H14O4/c1-21-17-12-7-11(10-5-3-2-4-6-10)8-13(18)16(12)14(19)9-15(17)20/h2-6,8-9,19-20H,7H2,1H3. The third kappa shape index (κ3) is 2.14. The van der Waals surface area contributed by atoms with Gasteiger partial charge >= 0.3 is 0 Å². The molecule has 4 nitrogen and oxygen atoms in total. The Labute approximate surface area is 121 Å². The maximum Gasteiger partial charge on any atom is 0.190 e. The number of ketones is 1. The predicted molar refractivity (Wildman–Crippen MR) is 78.8 cm³/mol. The molecule has 3 rings (SSSR count). The van der Waals surface area contributed by atoms with Crippen LogP contribution in [-0.4, -0.2) is 23.1 Å². The molecule has 0 spiro atoms. The first kappa shape index (κ1) is 13.2. The van der Waals surface area contributed by atoms with Gasteiger partial charge in [-0.25, -0.2) is 0 Å². The molecule has 0 aliphatic heterocycles. The fourth-order valence-electron chi connectivity index (χ4n) is 2.67. The summed E-state index contributed by atoms with van der Waals surface area (Å²) < 4.78 is 5.19. The Morgan fingerprint density at radius 3 is 2.48 bits per heavy atom. The number of hydrogen-bond acceptors (Lipinski definition) is 4. The summed E-state index contributed by atoms with van der Waals surface area (Å²) in [4.78, 5) is 12.3. The normalized spacial score (nSPS) is 13.6. The quantitative estimate of drug-likeness (QED) is 0.888. The molecular formula is C17H14O4. The number of methoxy groups -OCH3 is 1. The number of rotatable bonds is 2. The lowest BCUT2D eigenvalue weighted by molar-refractivity contribution is 0.104. The topological polar surface area (TPSA) is 66.8 Å². The van der Waals surface area contributed by atoms with Crippen LogP contribution < -0.4 is 4.74 Å². The summed E-state index contributed by atoms with van der Waals surface area (Å²) in [6, 6.07) is 10.7. The second-order valence-corrected chi connectivity index (χ2v) is 4.88. The molecule has 21 heavy (non-hydrogen) atoms. The summed E-state index contributed by atoms with van der Waals surface area (Å²) in [5.74, 6) is -0.448. The molecule has 0 saturated heterocycles. The maximum absolute atomic E-state index is 12.3. The lowest BCUT2D eigenvalue weighted by Gasteiger charge is -2.20. The SMILES string of the molecule is COc1c(O)cc(O)c2c1CC(c1ccccc1)=CC2=O. The van der Waals surface area contributed by atoms with Gasteiger partial charge in [0.25, 0.3) is 0 Å². The van der Waals surface area contributed by atoms with Gasteiger partial charge in [0.15, 0.2) is 17.3 Å². The van der Waals surface area contributed by atoms with E-state index in [1.807, 2.05) is 30.3 Å². The number of allylic oxidation sites excluding steroid dienone is 2. The van der Waals surface area contributed by atoms with Crippen LogP contribution in [0.15, 0.2) is 42.5 Å². The lowest BCUT2D eigenvalue weighted by atomic mass is 9.86. The van der Waals surface area contributed by atoms with Crippen molar-refractivity contribution in [2.75, 3.05) is 7.11 Å². The first-order valence-corrected chi connectivity index (χ1v) is 6.54. The molecule has 0 unspecified atom stereocenters. The van der Waals surface area contributed by atoms with E-state index >= 15 is 0 Å². The van der Waals surface area contributed by atoms with E-state index in [2.05, 4.69) is 0 Å². The van der Waals surface area contributed by atoms with Crippen molar-refractivity contribution >= 4 is 11.4 Å². The van der Waals surface area contributed by atoms with E-state index < -0.39 is 0 Å². The van der Waals surface area contributed by atoms with Gasteiger partial charge in [0.1, 0.15) is 5.75 Å². The number of phenolic OH excluding ortho intramolecular Hbond substituents is 2. The minimum Gasteiger partial charge on any atom is -0.507 e. The van der Waals surface area contributed by atoms with Crippen LogP contribution in [0.25, 0.3) is 5.57 Å². The van der Waals surface area contributed by atoms with Gasteiger partial charge in [-0.05, 0) is 17.2 Å². The predicted octanol–water partition coefficient (Wildman–Crippen LogP) is 2.93. The van der Waals surface area contributed by atoms with Crippen LogP contribution in [0.1, 0.15) is 21.5 Å². The first-order chi connectivity index (χ1) is 10.1. The number of phenols is 2. The zero-order chi connectivity index (χ0) is 15.0. The van der Waals surface area contributed by atoms with Crippen molar-refractivity contribution in [2.45, 2.75) is 6.42 Å². The largest absolute Gasteiger partial charge is 0.507 e. The zero-order valence-corrected chi connectivity index (χ0v) is 11.5. The molecule has 0 heterocycles. The van der Waals surface area contributed by atoms with Gasteiger partial charge in [0.05, 0.1) is 12.7 Å². The molecule has 2 N–H and O–H groups in total. The molecular weight excluding hydrogens is 268 g/mol. The summed E-state index contributed by atoms with van der Waals surface area (Å²) in [5.41, 5.74) is 2.48. The number of benzene rings is 2. The zero-order valence-electron chi connectivity index (χ0n) is 11.5. The monoisotopic (exact) mass is 282 g/mol. The minimum absolute atomic E-state index is 0.170. The Bertz CT molecular complexity index is 745. The highest BCUT2D eigenvalue weighted by Gasteiger charge is 2.27. The van der Waals surface area contributed by atoms with Gasteiger partial charge in [0.2, 0.25) is 0 Å². The smallest absolute Gasteiger partial charge is 0.190 e. The van der Waals surface area contributed by atoms with Crippen molar-refractivity contribution in [1.82, 2.24) is 0 Å². The molecule has 1 aliphatic rings. The van der Waals surface area contributed by atoms with Gasteiger partial charge in [-0.3, -0.25) is 4.79 Å².